The minimum Gasteiger partial charge on any atom is -0.0881 e. The highest BCUT2D eigenvalue weighted by atomic mass is 28.4. The van der Waals surface area contributed by atoms with Crippen LogP contribution in [0.3, 0.4) is 0 Å². The van der Waals surface area contributed by atoms with E-state index in [1.54, 1.807) is 0 Å². The summed E-state index contributed by atoms with van der Waals surface area (Å²) in [5.74, 6) is 0.333. The lowest BCUT2D eigenvalue weighted by atomic mass is 10.1. The fourth-order valence-corrected chi connectivity index (χ4v) is 21.9. The monoisotopic (exact) mass is 544 g/mol. The number of benzene rings is 6. The zero-order chi connectivity index (χ0) is 27.3. The normalized spacial score (nSPS) is 11.6. The molecule has 40 heavy (non-hydrogen) atoms. The Kier molecular flexibility index (Phi) is 7.50. The summed E-state index contributed by atoms with van der Waals surface area (Å²) >= 11 is 0. The third-order valence-corrected chi connectivity index (χ3v) is 21.3. The molecule has 0 spiro atoms. The summed E-state index contributed by atoms with van der Waals surface area (Å²) < 4.78 is 0. The van der Waals surface area contributed by atoms with Gasteiger partial charge in [-0.2, -0.15) is 0 Å². The Morgan fingerprint density at radius 3 is 0.575 bits per heavy atom. The average molecular weight is 545 g/mol. The zero-order valence-corrected chi connectivity index (χ0v) is 24.9. The molecule has 0 heterocycles. The van der Waals surface area contributed by atoms with Gasteiger partial charge < -0.3 is 0 Å². The van der Waals surface area contributed by atoms with E-state index < -0.39 is 15.9 Å². The van der Waals surface area contributed by atoms with Gasteiger partial charge in [-0.05, 0) is 0 Å². The van der Waals surface area contributed by atoms with E-state index in [-0.39, 0.29) is 0 Å². The van der Waals surface area contributed by atoms with E-state index in [2.05, 4.69) is 189 Å². The topological polar surface area (TPSA) is 0 Å². The maximum absolute atomic E-state index is 2.65. The molecule has 0 aliphatic rings. The minimum absolute atomic E-state index is 0.333. The molecule has 0 fully saturated rings. The largest absolute Gasteiger partial charge is 0.159 e. The van der Waals surface area contributed by atoms with Gasteiger partial charge in [-0.15, -0.1) is 0 Å². The fraction of sp³-hybridized carbons (Fsp3) is 0.0270. The molecule has 3 heteroatoms. The van der Waals surface area contributed by atoms with Gasteiger partial charge in [0.1, 0.15) is 15.9 Å². The van der Waals surface area contributed by atoms with Crippen LogP contribution in [0, 0.1) is 0 Å². The van der Waals surface area contributed by atoms with E-state index in [0.29, 0.717) is 5.90 Å². The molecule has 0 radical (unpaired) electrons. The average Bonchev–Trinajstić information content (AvgIpc) is 3.05. The predicted molar refractivity (Wildman–Crippen MR) is 180 cm³/mol. The summed E-state index contributed by atoms with van der Waals surface area (Å²) in [4.78, 5) is 0. The second kappa shape index (κ2) is 11.5. The molecular formula is C37H33BSi2. The maximum atomic E-state index is 2.58. The van der Waals surface area contributed by atoms with Crippen LogP contribution >= 0.6 is 0 Å². The van der Waals surface area contributed by atoms with E-state index >= 15 is 0 Å². The van der Waals surface area contributed by atoms with Crippen LogP contribution in [0.4, 0.5) is 0 Å². The van der Waals surface area contributed by atoms with Gasteiger partial charge in [0.25, 0.3) is 0 Å². The molecule has 6 rings (SSSR count). The third kappa shape index (κ3) is 4.32. The van der Waals surface area contributed by atoms with Crippen molar-refractivity contribution in [2.24, 2.45) is 0 Å². The van der Waals surface area contributed by atoms with Gasteiger partial charge in [-0.3, -0.25) is 0 Å². The highest BCUT2D eigenvalue weighted by Gasteiger charge is 2.58. The van der Waals surface area contributed by atoms with E-state index in [0.717, 1.165) is 0 Å². The van der Waals surface area contributed by atoms with Crippen LogP contribution in [0.25, 0.3) is 0 Å². The summed E-state index contributed by atoms with van der Waals surface area (Å²) in [5.41, 5.74) is 0. The molecule has 0 N–H and O–H groups in total. The quantitative estimate of drug-likeness (QED) is 0.194. The molecule has 0 amide bonds. The van der Waals surface area contributed by atoms with Crippen molar-refractivity contribution in [2.75, 3.05) is 0 Å². The Labute approximate surface area is 241 Å². The van der Waals surface area contributed by atoms with Crippen LogP contribution in [-0.2, 0) is 0 Å². The highest BCUT2D eigenvalue weighted by molar-refractivity contribution is 7.76. The fourth-order valence-electron chi connectivity index (χ4n) is 7.03. The van der Waals surface area contributed by atoms with E-state index in [9.17, 15) is 0 Å². The van der Waals surface area contributed by atoms with Crippen LogP contribution in [-0.4, -0.2) is 21.8 Å². The van der Waals surface area contributed by atoms with Gasteiger partial charge in [-0.25, -0.2) is 0 Å². The van der Waals surface area contributed by atoms with Gasteiger partial charge in [0.2, 0.25) is 0 Å². The Hall–Kier alpha value is -4.18. The first-order valence-corrected chi connectivity index (χ1v) is 18.3. The molecular weight excluding hydrogens is 511 g/mol. The molecule has 6 aromatic carbocycles. The molecule has 0 aliphatic heterocycles. The van der Waals surface area contributed by atoms with Crippen molar-refractivity contribution < 1.29 is 0 Å². The van der Waals surface area contributed by atoms with Crippen LogP contribution in [0.1, 0.15) is 0 Å². The van der Waals surface area contributed by atoms with Gasteiger partial charge in [0, 0.05) is 0 Å². The van der Waals surface area contributed by atoms with Gasteiger partial charge in [-0.1, -0.05) is 220 Å². The van der Waals surface area contributed by atoms with Crippen molar-refractivity contribution in [1.82, 2.24) is 0 Å². The third-order valence-electron chi connectivity index (χ3n) is 8.67. The van der Waals surface area contributed by atoms with Crippen LogP contribution in [0.5, 0.6) is 0 Å². The molecule has 6 aromatic rings. The first-order valence-electron chi connectivity index (χ1n) is 14.1. The lowest BCUT2D eigenvalue weighted by molar-refractivity contribution is 1.68. The Bertz CT molecular complexity index is 1310. The van der Waals surface area contributed by atoms with Crippen molar-refractivity contribution in [3.8, 4) is 0 Å². The van der Waals surface area contributed by atoms with Crippen molar-refractivity contribution >= 4 is 52.9 Å². The van der Waals surface area contributed by atoms with E-state index in [1.807, 2.05) is 0 Å². The summed E-state index contributed by atoms with van der Waals surface area (Å²) in [6.07, 6.45) is 0. The molecule has 0 unspecified atom stereocenters. The molecule has 0 saturated heterocycles. The molecule has 0 bridgehead atoms. The van der Waals surface area contributed by atoms with Crippen molar-refractivity contribution in [1.29, 1.82) is 0 Å². The van der Waals surface area contributed by atoms with Crippen molar-refractivity contribution in [3.05, 3.63) is 182 Å². The predicted octanol–water partition coefficient (Wildman–Crippen LogP) is 4.61. The first kappa shape index (κ1) is 26.1. The zero-order valence-electron chi connectivity index (χ0n) is 22.9. The molecule has 0 aliphatic carbocycles. The van der Waals surface area contributed by atoms with Crippen molar-refractivity contribution in [2.45, 2.75) is 6.82 Å². The van der Waals surface area contributed by atoms with Gasteiger partial charge in [0.05, 0.1) is 0 Å². The number of hydrogen-bond acceptors (Lipinski definition) is 0. The second-order valence-electron chi connectivity index (χ2n) is 10.5. The van der Waals surface area contributed by atoms with E-state index in [4.69, 9.17) is 0 Å². The summed E-state index contributed by atoms with van der Waals surface area (Å²) in [6.45, 7) is 2.58. The number of rotatable bonds is 8. The summed E-state index contributed by atoms with van der Waals surface area (Å²) in [7, 11) is -5.30. The van der Waals surface area contributed by atoms with Gasteiger partial charge >= 0.3 is 0 Å². The standard InChI is InChI=1S/C37H33BSi2/c1-38(39(32-20-8-2-9-21-32,33-22-10-3-11-23-33)34-24-12-4-13-25-34)40(35-26-14-5-15-27-35,36-28-16-6-17-29-36)37-30-18-7-19-31-37/h2-31H,1H3. The molecule has 0 aromatic heterocycles. The first-order chi connectivity index (χ1) is 19.8. The van der Waals surface area contributed by atoms with Crippen LogP contribution < -0.4 is 31.1 Å². The Morgan fingerprint density at radius 1 is 0.275 bits per heavy atom. The SMILES string of the molecule is CB([Si](c1ccccc1)(c1ccccc1)c1ccccc1)[Si](c1ccccc1)(c1ccccc1)c1ccccc1. The van der Waals surface area contributed by atoms with Crippen LogP contribution in [0.15, 0.2) is 182 Å². The van der Waals surface area contributed by atoms with E-state index in [1.165, 1.54) is 31.1 Å². The lowest BCUT2D eigenvalue weighted by Crippen LogP contribution is -2.89. The minimum atomic E-state index is -2.65. The van der Waals surface area contributed by atoms with Crippen molar-refractivity contribution in [3.63, 3.8) is 0 Å². The van der Waals surface area contributed by atoms with Crippen LogP contribution in [0.2, 0.25) is 6.82 Å². The number of hydrogen-bond donors (Lipinski definition) is 0. The molecule has 0 saturated carbocycles. The lowest BCUT2D eigenvalue weighted by Gasteiger charge is -2.48. The smallest absolute Gasteiger partial charge is 0.0881 e. The summed E-state index contributed by atoms with van der Waals surface area (Å²) in [6, 6.07) is 68.4. The Morgan fingerprint density at radius 2 is 0.425 bits per heavy atom. The summed E-state index contributed by atoms with van der Waals surface area (Å²) in [5, 5.41) is 8.75. The second-order valence-corrected chi connectivity index (χ2v) is 19.5. The van der Waals surface area contributed by atoms with Gasteiger partial charge in [0.15, 0.2) is 5.90 Å². The molecule has 0 atom stereocenters. The highest BCUT2D eigenvalue weighted by Crippen LogP contribution is 2.21. The maximum Gasteiger partial charge on any atom is 0.159 e. The molecule has 0 nitrogen and oxygen atoms in total. The molecule has 192 valence electrons. The Balaban J connectivity index is 1.81.